The highest BCUT2D eigenvalue weighted by atomic mass is 16.5. The van der Waals surface area contributed by atoms with Gasteiger partial charge in [0.1, 0.15) is 5.76 Å². The molecule has 0 saturated carbocycles. The summed E-state index contributed by atoms with van der Waals surface area (Å²) in [6.07, 6.45) is 1.04. The van der Waals surface area contributed by atoms with E-state index in [1.165, 1.54) is 0 Å². The molecule has 1 heterocycles. The van der Waals surface area contributed by atoms with Crippen molar-refractivity contribution in [3.63, 3.8) is 0 Å². The quantitative estimate of drug-likeness (QED) is 0.852. The molecule has 0 aliphatic heterocycles. The fourth-order valence-corrected chi connectivity index (χ4v) is 2.23. The van der Waals surface area contributed by atoms with Gasteiger partial charge in [-0.1, -0.05) is 35.5 Å². The topological polar surface area (TPSA) is 81.2 Å². The normalized spacial score (nSPS) is 12.1. The Morgan fingerprint density at radius 2 is 2.05 bits per heavy atom. The smallest absolute Gasteiger partial charge is 0.220 e. The van der Waals surface area contributed by atoms with E-state index in [1.54, 1.807) is 0 Å². The van der Waals surface area contributed by atoms with Crippen molar-refractivity contribution in [1.82, 2.24) is 10.5 Å². The van der Waals surface area contributed by atoms with E-state index in [-0.39, 0.29) is 11.9 Å². The molecule has 0 aliphatic carbocycles. The summed E-state index contributed by atoms with van der Waals surface area (Å²) >= 11 is 0. The highest BCUT2D eigenvalue weighted by Crippen LogP contribution is 2.14. The average Bonchev–Trinajstić information content (AvgIpc) is 2.82. The second-order valence-corrected chi connectivity index (χ2v) is 5.12. The van der Waals surface area contributed by atoms with Crippen LogP contribution in [0.3, 0.4) is 0 Å². The van der Waals surface area contributed by atoms with Crippen LogP contribution in [0.25, 0.3) is 0 Å². The predicted molar refractivity (Wildman–Crippen MR) is 80.7 cm³/mol. The Balaban J connectivity index is 1.78. The summed E-state index contributed by atoms with van der Waals surface area (Å²) in [6.45, 7) is 4.18. The molecule has 0 aliphatic rings. The third kappa shape index (κ3) is 4.16. The van der Waals surface area contributed by atoms with Gasteiger partial charge in [0.25, 0.3) is 0 Å². The molecule has 0 saturated heterocycles. The number of aryl methyl sites for hydroxylation is 2. The molecule has 1 aromatic carbocycles. The Hall–Kier alpha value is -2.14. The first kappa shape index (κ1) is 15.3. The molecule has 5 nitrogen and oxygen atoms in total. The minimum Gasteiger partial charge on any atom is -0.361 e. The summed E-state index contributed by atoms with van der Waals surface area (Å²) in [4.78, 5) is 11.9. The third-order valence-corrected chi connectivity index (χ3v) is 3.53. The summed E-state index contributed by atoms with van der Waals surface area (Å²) in [5.74, 6) is 0.766. The number of nitrogens with one attached hydrogen (secondary N) is 1. The van der Waals surface area contributed by atoms with Gasteiger partial charge in [-0.05, 0) is 25.8 Å². The Morgan fingerprint density at radius 1 is 1.33 bits per heavy atom. The minimum atomic E-state index is -0.186. The SMILES string of the molecule is Cc1noc(C)c1CCC(=O)NCC(N)c1ccccc1. The van der Waals surface area contributed by atoms with Crippen LogP contribution in [0.5, 0.6) is 0 Å². The van der Waals surface area contributed by atoms with Crippen LogP contribution in [-0.4, -0.2) is 17.6 Å². The number of carbonyl (C=O) groups excluding carboxylic acids is 1. The fourth-order valence-electron chi connectivity index (χ4n) is 2.23. The van der Waals surface area contributed by atoms with Gasteiger partial charge in [-0.2, -0.15) is 0 Å². The highest BCUT2D eigenvalue weighted by Gasteiger charge is 2.12. The first-order chi connectivity index (χ1) is 10.1. The van der Waals surface area contributed by atoms with E-state index < -0.39 is 0 Å². The number of aromatic nitrogens is 1. The largest absolute Gasteiger partial charge is 0.361 e. The molecule has 21 heavy (non-hydrogen) atoms. The molecule has 0 fully saturated rings. The van der Waals surface area contributed by atoms with Gasteiger partial charge in [0.15, 0.2) is 0 Å². The molecule has 1 aromatic heterocycles. The van der Waals surface area contributed by atoms with E-state index in [0.29, 0.717) is 19.4 Å². The molecule has 1 atom stereocenters. The van der Waals surface area contributed by atoms with E-state index >= 15 is 0 Å². The van der Waals surface area contributed by atoms with Gasteiger partial charge >= 0.3 is 0 Å². The molecule has 3 N–H and O–H groups in total. The van der Waals surface area contributed by atoms with Crippen LogP contribution in [0.1, 0.15) is 35.0 Å². The zero-order chi connectivity index (χ0) is 15.2. The van der Waals surface area contributed by atoms with Gasteiger partial charge in [0.2, 0.25) is 5.91 Å². The number of hydrogen-bond acceptors (Lipinski definition) is 4. The van der Waals surface area contributed by atoms with Gasteiger partial charge in [0, 0.05) is 24.6 Å². The van der Waals surface area contributed by atoms with Crippen LogP contribution in [0.2, 0.25) is 0 Å². The number of amides is 1. The lowest BCUT2D eigenvalue weighted by atomic mass is 10.1. The van der Waals surface area contributed by atoms with E-state index in [4.69, 9.17) is 10.3 Å². The first-order valence-corrected chi connectivity index (χ1v) is 7.07. The van der Waals surface area contributed by atoms with Gasteiger partial charge in [0.05, 0.1) is 5.69 Å². The molecular weight excluding hydrogens is 266 g/mol. The maximum absolute atomic E-state index is 11.9. The summed E-state index contributed by atoms with van der Waals surface area (Å²) in [6, 6.07) is 9.55. The molecule has 1 amide bonds. The Kier molecular flexibility index (Phi) is 5.11. The molecule has 5 heteroatoms. The van der Waals surface area contributed by atoms with Crippen molar-refractivity contribution < 1.29 is 9.32 Å². The van der Waals surface area contributed by atoms with Crippen LogP contribution >= 0.6 is 0 Å². The fraction of sp³-hybridized carbons (Fsp3) is 0.375. The van der Waals surface area contributed by atoms with Crippen LogP contribution < -0.4 is 11.1 Å². The predicted octanol–water partition coefficient (Wildman–Crippen LogP) is 2.04. The summed E-state index contributed by atoms with van der Waals surface area (Å²) in [5, 5.41) is 6.75. The number of benzene rings is 1. The van der Waals surface area contributed by atoms with Crippen molar-refractivity contribution in [2.75, 3.05) is 6.54 Å². The summed E-state index contributed by atoms with van der Waals surface area (Å²) < 4.78 is 5.08. The maximum atomic E-state index is 11.9. The number of hydrogen-bond donors (Lipinski definition) is 2. The van der Waals surface area contributed by atoms with E-state index in [9.17, 15) is 4.79 Å². The molecule has 2 rings (SSSR count). The van der Waals surface area contributed by atoms with E-state index in [1.807, 2.05) is 44.2 Å². The third-order valence-electron chi connectivity index (χ3n) is 3.53. The van der Waals surface area contributed by atoms with Crippen LogP contribution in [0.15, 0.2) is 34.9 Å². The van der Waals surface area contributed by atoms with E-state index in [0.717, 1.165) is 22.6 Å². The lowest BCUT2D eigenvalue weighted by Crippen LogP contribution is -2.32. The first-order valence-electron chi connectivity index (χ1n) is 7.07. The molecule has 2 aromatic rings. The molecule has 0 radical (unpaired) electrons. The maximum Gasteiger partial charge on any atom is 0.220 e. The van der Waals surface area contributed by atoms with Gasteiger partial charge in [-0.15, -0.1) is 0 Å². The van der Waals surface area contributed by atoms with Crippen molar-refractivity contribution in [2.24, 2.45) is 5.73 Å². The zero-order valence-corrected chi connectivity index (χ0v) is 12.4. The summed E-state index contributed by atoms with van der Waals surface area (Å²) in [7, 11) is 0. The molecule has 0 spiro atoms. The lowest BCUT2D eigenvalue weighted by Gasteiger charge is -2.13. The van der Waals surface area contributed by atoms with Crippen molar-refractivity contribution in [3.8, 4) is 0 Å². The molecule has 0 bridgehead atoms. The van der Waals surface area contributed by atoms with Crippen molar-refractivity contribution in [2.45, 2.75) is 32.7 Å². The second kappa shape index (κ2) is 7.04. The monoisotopic (exact) mass is 287 g/mol. The Morgan fingerprint density at radius 3 is 2.67 bits per heavy atom. The lowest BCUT2D eigenvalue weighted by molar-refractivity contribution is -0.121. The van der Waals surface area contributed by atoms with E-state index in [2.05, 4.69) is 10.5 Å². The number of carbonyl (C=O) groups is 1. The van der Waals surface area contributed by atoms with Crippen LogP contribution in [0.4, 0.5) is 0 Å². The second-order valence-electron chi connectivity index (χ2n) is 5.12. The van der Waals surface area contributed by atoms with Crippen LogP contribution in [0, 0.1) is 13.8 Å². The zero-order valence-electron chi connectivity index (χ0n) is 12.4. The highest BCUT2D eigenvalue weighted by molar-refractivity contribution is 5.76. The van der Waals surface area contributed by atoms with Crippen molar-refractivity contribution >= 4 is 5.91 Å². The van der Waals surface area contributed by atoms with Crippen LogP contribution in [-0.2, 0) is 11.2 Å². The molecular formula is C16H21N3O2. The standard InChI is InChI=1S/C16H21N3O2/c1-11-14(12(2)21-19-11)8-9-16(20)18-10-15(17)13-6-4-3-5-7-13/h3-7,15H,8-10,17H2,1-2H3,(H,18,20). The minimum absolute atomic E-state index is 0.0126. The van der Waals surface area contributed by atoms with Gasteiger partial charge < -0.3 is 15.6 Å². The summed E-state index contributed by atoms with van der Waals surface area (Å²) in [5.41, 5.74) is 8.92. The van der Waals surface area contributed by atoms with Crippen molar-refractivity contribution in [3.05, 3.63) is 52.9 Å². The Bertz CT molecular complexity index is 573. The molecule has 112 valence electrons. The van der Waals surface area contributed by atoms with Crippen molar-refractivity contribution in [1.29, 1.82) is 0 Å². The molecule has 1 unspecified atom stereocenters. The number of rotatable bonds is 6. The number of nitrogens with two attached hydrogens (primary N) is 1. The Labute approximate surface area is 124 Å². The van der Waals surface area contributed by atoms with Gasteiger partial charge in [-0.25, -0.2) is 0 Å². The number of nitrogens with zero attached hydrogens (tertiary/aromatic N) is 1. The average molecular weight is 287 g/mol. The van der Waals surface area contributed by atoms with Gasteiger partial charge in [-0.3, -0.25) is 4.79 Å².